The second-order valence-corrected chi connectivity index (χ2v) is 5.81. The molecule has 4 heteroatoms. The topological polar surface area (TPSA) is 43.8 Å². The molecule has 1 aromatic heterocycles. The molecule has 1 aromatic carbocycles. The Morgan fingerprint density at radius 2 is 2.11 bits per heavy atom. The van der Waals surface area contributed by atoms with Gasteiger partial charge in [0, 0.05) is 6.04 Å². The first-order valence-electron chi connectivity index (χ1n) is 6.51. The molecule has 1 atom stereocenters. The number of para-hydroxylation sites is 1. The molecule has 0 aliphatic heterocycles. The van der Waals surface area contributed by atoms with Gasteiger partial charge in [-0.25, -0.2) is 4.98 Å². The molecule has 0 radical (unpaired) electrons. The Labute approximate surface area is 112 Å². The van der Waals surface area contributed by atoms with Crippen LogP contribution in [0.4, 0.5) is 0 Å². The lowest BCUT2D eigenvalue weighted by molar-refractivity contribution is 0.512. The molecule has 1 fully saturated rings. The zero-order valence-corrected chi connectivity index (χ0v) is 11.5. The quantitative estimate of drug-likeness (QED) is 0.918. The van der Waals surface area contributed by atoms with Gasteiger partial charge in [-0.15, -0.1) is 0 Å². The Morgan fingerprint density at radius 1 is 1.39 bits per heavy atom. The highest BCUT2D eigenvalue weighted by molar-refractivity contribution is 6.35. The summed E-state index contributed by atoms with van der Waals surface area (Å²) in [4.78, 5) is 4.71. The van der Waals surface area contributed by atoms with Crippen LogP contribution in [-0.2, 0) is 0 Å². The third-order valence-electron chi connectivity index (χ3n) is 3.63. The van der Waals surface area contributed by atoms with Gasteiger partial charge in [-0.05, 0) is 44.7 Å². The Morgan fingerprint density at radius 3 is 2.72 bits per heavy atom. The molecule has 2 N–H and O–H groups in total. The number of fused-ring (bicyclic) bond motifs is 1. The standard InChI is InChI=1S/C14H18ClN3/c1-8(2)18-13-10(15)4-3-5-11(13)17-14(18)12(16)9-6-7-9/h3-5,8-9,12H,6-7,16H2,1-2H3. The molecule has 0 spiro atoms. The van der Waals surface area contributed by atoms with E-state index in [4.69, 9.17) is 22.3 Å². The molecule has 1 aliphatic carbocycles. The lowest BCUT2D eigenvalue weighted by atomic mass is 10.2. The van der Waals surface area contributed by atoms with Crippen molar-refractivity contribution in [3.63, 3.8) is 0 Å². The average molecular weight is 264 g/mol. The van der Waals surface area contributed by atoms with Gasteiger partial charge in [0.15, 0.2) is 0 Å². The van der Waals surface area contributed by atoms with Crippen LogP contribution in [0.3, 0.4) is 0 Å². The summed E-state index contributed by atoms with van der Waals surface area (Å²) >= 11 is 6.32. The zero-order valence-electron chi connectivity index (χ0n) is 10.7. The van der Waals surface area contributed by atoms with E-state index in [1.54, 1.807) is 0 Å². The number of halogens is 1. The van der Waals surface area contributed by atoms with Crippen molar-refractivity contribution in [1.82, 2.24) is 9.55 Å². The maximum atomic E-state index is 6.33. The highest BCUT2D eigenvalue weighted by Gasteiger charge is 2.33. The monoisotopic (exact) mass is 263 g/mol. The Hall–Kier alpha value is -1.06. The van der Waals surface area contributed by atoms with Crippen molar-refractivity contribution in [1.29, 1.82) is 0 Å². The molecule has 1 saturated carbocycles. The van der Waals surface area contributed by atoms with Crippen molar-refractivity contribution in [3.8, 4) is 0 Å². The van der Waals surface area contributed by atoms with Gasteiger partial charge < -0.3 is 10.3 Å². The van der Waals surface area contributed by atoms with Crippen LogP contribution in [0.1, 0.15) is 44.6 Å². The van der Waals surface area contributed by atoms with Gasteiger partial charge in [0.1, 0.15) is 5.82 Å². The molecule has 96 valence electrons. The van der Waals surface area contributed by atoms with Gasteiger partial charge >= 0.3 is 0 Å². The van der Waals surface area contributed by atoms with Crippen LogP contribution in [0.5, 0.6) is 0 Å². The molecule has 3 nitrogen and oxygen atoms in total. The number of nitrogens with two attached hydrogens (primary N) is 1. The van der Waals surface area contributed by atoms with E-state index in [9.17, 15) is 0 Å². The zero-order chi connectivity index (χ0) is 12.9. The van der Waals surface area contributed by atoms with Gasteiger partial charge in [-0.3, -0.25) is 0 Å². The van der Waals surface area contributed by atoms with Gasteiger partial charge in [0.25, 0.3) is 0 Å². The number of benzene rings is 1. The van der Waals surface area contributed by atoms with Gasteiger partial charge in [-0.2, -0.15) is 0 Å². The molecule has 0 amide bonds. The van der Waals surface area contributed by atoms with E-state index >= 15 is 0 Å². The predicted molar refractivity (Wildman–Crippen MR) is 74.8 cm³/mol. The molecule has 18 heavy (non-hydrogen) atoms. The van der Waals surface area contributed by atoms with E-state index in [0.717, 1.165) is 21.9 Å². The molecular weight excluding hydrogens is 246 g/mol. The Bertz CT molecular complexity index is 584. The molecule has 3 rings (SSSR count). The van der Waals surface area contributed by atoms with Gasteiger partial charge in [0.2, 0.25) is 0 Å². The summed E-state index contributed by atoms with van der Waals surface area (Å²) in [6.07, 6.45) is 2.44. The van der Waals surface area contributed by atoms with E-state index < -0.39 is 0 Å². The van der Waals surface area contributed by atoms with Crippen LogP contribution in [0.15, 0.2) is 18.2 Å². The summed E-state index contributed by atoms with van der Waals surface area (Å²) in [6, 6.07) is 6.21. The van der Waals surface area contributed by atoms with Crippen LogP contribution in [0.25, 0.3) is 11.0 Å². The number of imidazole rings is 1. The normalized spacial score (nSPS) is 17.6. The fourth-order valence-corrected chi connectivity index (χ4v) is 2.81. The third kappa shape index (κ3) is 1.82. The molecule has 0 bridgehead atoms. The first-order chi connectivity index (χ1) is 8.59. The van der Waals surface area contributed by atoms with Crippen LogP contribution in [0, 0.1) is 5.92 Å². The minimum atomic E-state index is 0.0378. The van der Waals surface area contributed by atoms with Crippen molar-refractivity contribution >= 4 is 22.6 Å². The minimum absolute atomic E-state index is 0.0378. The van der Waals surface area contributed by atoms with E-state index in [1.165, 1.54) is 12.8 Å². The highest BCUT2D eigenvalue weighted by atomic mass is 35.5. The Balaban J connectivity index is 2.24. The van der Waals surface area contributed by atoms with Crippen molar-refractivity contribution in [2.75, 3.05) is 0 Å². The highest BCUT2D eigenvalue weighted by Crippen LogP contribution is 2.41. The second kappa shape index (κ2) is 4.25. The molecular formula is C14H18ClN3. The van der Waals surface area contributed by atoms with Crippen molar-refractivity contribution < 1.29 is 0 Å². The summed E-state index contributed by atoms with van der Waals surface area (Å²) in [5.41, 5.74) is 8.29. The third-order valence-corrected chi connectivity index (χ3v) is 3.94. The van der Waals surface area contributed by atoms with Crippen LogP contribution in [-0.4, -0.2) is 9.55 Å². The van der Waals surface area contributed by atoms with Crippen molar-refractivity contribution in [2.24, 2.45) is 11.7 Å². The number of rotatable bonds is 3. The van der Waals surface area contributed by atoms with Crippen LogP contribution < -0.4 is 5.73 Å². The number of aromatic nitrogens is 2. The van der Waals surface area contributed by atoms with E-state index in [2.05, 4.69) is 18.4 Å². The predicted octanol–water partition coefficient (Wildman–Crippen LogP) is 3.68. The molecule has 0 saturated heterocycles. The summed E-state index contributed by atoms with van der Waals surface area (Å²) in [5, 5.41) is 0.753. The molecule has 2 aromatic rings. The SMILES string of the molecule is CC(C)n1c(C(N)C2CC2)nc2cccc(Cl)c21. The van der Waals surface area contributed by atoms with Crippen LogP contribution >= 0.6 is 11.6 Å². The largest absolute Gasteiger partial charge is 0.323 e. The maximum Gasteiger partial charge on any atom is 0.127 e. The lowest BCUT2D eigenvalue weighted by Gasteiger charge is -2.17. The lowest BCUT2D eigenvalue weighted by Crippen LogP contribution is -2.19. The van der Waals surface area contributed by atoms with E-state index in [1.807, 2.05) is 18.2 Å². The Kier molecular flexibility index (Phi) is 2.83. The number of hydrogen-bond donors (Lipinski definition) is 1. The van der Waals surface area contributed by atoms with Crippen LogP contribution in [0.2, 0.25) is 5.02 Å². The summed E-state index contributed by atoms with van der Waals surface area (Å²) in [5.74, 6) is 1.58. The molecule has 1 unspecified atom stereocenters. The fourth-order valence-electron chi connectivity index (χ4n) is 2.55. The first kappa shape index (κ1) is 12.0. The van der Waals surface area contributed by atoms with Gasteiger partial charge in [-0.1, -0.05) is 17.7 Å². The van der Waals surface area contributed by atoms with Crippen molar-refractivity contribution in [2.45, 2.75) is 38.8 Å². The fraction of sp³-hybridized carbons (Fsp3) is 0.500. The first-order valence-corrected chi connectivity index (χ1v) is 6.89. The van der Waals surface area contributed by atoms with E-state index in [0.29, 0.717) is 12.0 Å². The summed E-state index contributed by atoms with van der Waals surface area (Å²) < 4.78 is 2.20. The minimum Gasteiger partial charge on any atom is -0.323 e. The summed E-state index contributed by atoms with van der Waals surface area (Å²) in [6.45, 7) is 4.29. The van der Waals surface area contributed by atoms with Crippen molar-refractivity contribution in [3.05, 3.63) is 29.0 Å². The smallest absolute Gasteiger partial charge is 0.127 e. The molecule has 1 heterocycles. The summed E-state index contributed by atoms with van der Waals surface area (Å²) in [7, 11) is 0. The molecule has 1 aliphatic rings. The van der Waals surface area contributed by atoms with E-state index in [-0.39, 0.29) is 6.04 Å². The number of nitrogens with zero attached hydrogens (tertiary/aromatic N) is 2. The van der Waals surface area contributed by atoms with Gasteiger partial charge in [0.05, 0.1) is 22.1 Å². The second-order valence-electron chi connectivity index (χ2n) is 5.40. The average Bonchev–Trinajstić information content (AvgIpc) is 3.08. The maximum absolute atomic E-state index is 6.33. The number of hydrogen-bond acceptors (Lipinski definition) is 2.